The second kappa shape index (κ2) is 11.0. The molecular weight excluding hydrogens is 426 g/mol. The molecular formula is C28H31N3O3. The summed E-state index contributed by atoms with van der Waals surface area (Å²) in [5.74, 6) is 0.512. The van der Waals surface area contributed by atoms with Crippen LogP contribution in [-0.4, -0.2) is 35.9 Å². The molecule has 1 aliphatic rings. The highest BCUT2D eigenvalue weighted by Crippen LogP contribution is 2.26. The molecule has 6 nitrogen and oxygen atoms in total. The molecule has 0 aliphatic heterocycles. The number of methoxy groups -OCH3 is 1. The molecule has 0 radical (unpaired) electrons. The summed E-state index contributed by atoms with van der Waals surface area (Å²) in [7, 11) is 1.59. The summed E-state index contributed by atoms with van der Waals surface area (Å²) in [6.07, 6.45) is 4.02. The number of ether oxygens (including phenoxy) is 1. The fraction of sp³-hybridized carbons (Fsp3) is 0.286. The number of nitrogens with two attached hydrogens (primary N) is 1. The van der Waals surface area contributed by atoms with Crippen molar-refractivity contribution in [3.63, 3.8) is 0 Å². The molecule has 2 unspecified atom stereocenters. The lowest BCUT2D eigenvalue weighted by Crippen LogP contribution is -2.51. The molecule has 4 rings (SSSR count). The van der Waals surface area contributed by atoms with Crippen LogP contribution in [0.3, 0.4) is 0 Å². The Kier molecular flexibility index (Phi) is 7.60. The maximum Gasteiger partial charge on any atom is 0.255 e. The van der Waals surface area contributed by atoms with Gasteiger partial charge in [0.05, 0.1) is 7.11 Å². The van der Waals surface area contributed by atoms with E-state index in [9.17, 15) is 9.59 Å². The van der Waals surface area contributed by atoms with Gasteiger partial charge in [0, 0.05) is 35.4 Å². The second-order valence-corrected chi connectivity index (χ2v) is 8.69. The van der Waals surface area contributed by atoms with Crippen LogP contribution in [0.4, 0.5) is 5.69 Å². The Morgan fingerprint density at radius 2 is 1.59 bits per heavy atom. The molecule has 1 aliphatic carbocycles. The van der Waals surface area contributed by atoms with Crippen molar-refractivity contribution in [3.05, 3.63) is 95.6 Å². The van der Waals surface area contributed by atoms with Gasteiger partial charge in [-0.05, 0) is 66.9 Å². The highest BCUT2D eigenvalue weighted by molar-refractivity contribution is 6.04. The minimum atomic E-state index is -0.190. The summed E-state index contributed by atoms with van der Waals surface area (Å²) in [5.41, 5.74) is 9.36. The lowest BCUT2D eigenvalue weighted by molar-refractivity contribution is 0.0583. The third-order valence-electron chi connectivity index (χ3n) is 6.38. The summed E-state index contributed by atoms with van der Waals surface area (Å²) in [5, 5.41) is 2.91. The molecule has 0 spiro atoms. The third kappa shape index (κ3) is 5.64. The Bertz CT molecular complexity index is 1100. The molecule has 1 saturated carbocycles. The molecule has 6 heteroatoms. The van der Waals surface area contributed by atoms with Gasteiger partial charge in [-0.1, -0.05) is 43.2 Å². The molecule has 3 aromatic rings. The first-order valence-electron chi connectivity index (χ1n) is 11.7. The molecule has 3 N–H and O–H groups in total. The number of benzene rings is 3. The number of hydrogen-bond donors (Lipinski definition) is 2. The summed E-state index contributed by atoms with van der Waals surface area (Å²) >= 11 is 0. The molecule has 0 bridgehead atoms. The van der Waals surface area contributed by atoms with Gasteiger partial charge in [0.25, 0.3) is 11.8 Å². The molecule has 2 atom stereocenters. The van der Waals surface area contributed by atoms with Gasteiger partial charge in [-0.25, -0.2) is 0 Å². The minimum Gasteiger partial charge on any atom is -0.497 e. The van der Waals surface area contributed by atoms with Crippen LogP contribution in [0.25, 0.3) is 0 Å². The largest absolute Gasteiger partial charge is 0.497 e. The van der Waals surface area contributed by atoms with Gasteiger partial charge in [0.15, 0.2) is 0 Å². The zero-order chi connectivity index (χ0) is 23.9. The standard InChI is InChI=1S/C28H31N3O3/c1-34-24-17-13-21(14-18-24)27(32)30-23-15-11-20(12-16-23)19-31(26-10-6-5-9-25(26)29)28(33)22-7-3-2-4-8-22/h2-4,7-8,11-18,25-26H,5-6,9-10,19,29H2,1H3,(H,30,32). The van der Waals surface area contributed by atoms with Crippen LogP contribution >= 0.6 is 0 Å². The first-order valence-corrected chi connectivity index (χ1v) is 11.7. The zero-order valence-corrected chi connectivity index (χ0v) is 19.4. The predicted molar refractivity (Wildman–Crippen MR) is 134 cm³/mol. The van der Waals surface area contributed by atoms with E-state index in [1.54, 1.807) is 31.4 Å². The number of carbonyl (C=O) groups is 2. The van der Waals surface area contributed by atoms with Gasteiger partial charge in [-0.2, -0.15) is 0 Å². The van der Waals surface area contributed by atoms with E-state index >= 15 is 0 Å². The van der Waals surface area contributed by atoms with E-state index in [4.69, 9.17) is 10.5 Å². The SMILES string of the molecule is COc1ccc(C(=O)Nc2ccc(CN(C(=O)c3ccccc3)C3CCCCC3N)cc2)cc1. The average Bonchev–Trinajstić information content (AvgIpc) is 2.89. The summed E-state index contributed by atoms with van der Waals surface area (Å²) in [6, 6.07) is 23.9. The summed E-state index contributed by atoms with van der Waals surface area (Å²) in [4.78, 5) is 27.9. The van der Waals surface area contributed by atoms with Crippen LogP contribution in [-0.2, 0) is 6.54 Å². The van der Waals surface area contributed by atoms with Crippen LogP contribution in [0, 0.1) is 0 Å². The second-order valence-electron chi connectivity index (χ2n) is 8.69. The average molecular weight is 458 g/mol. The Balaban J connectivity index is 1.48. The smallest absolute Gasteiger partial charge is 0.255 e. The Labute approximate surface area is 200 Å². The van der Waals surface area contributed by atoms with Crippen molar-refractivity contribution in [2.24, 2.45) is 5.73 Å². The van der Waals surface area contributed by atoms with E-state index in [0.29, 0.717) is 29.1 Å². The predicted octanol–water partition coefficient (Wildman–Crippen LogP) is 4.86. The monoisotopic (exact) mass is 457 g/mol. The summed E-state index contributed by atoms with van der Waals surface area (Å²) < 4.78 is 5.14. The van der Waals surface area contributed by atoms with Gasteiger partial charge in [0.2, 0.25) is 0 Å². The van der Waals surface area contributed by atoms with Gasteiger partial charge < -0.3 is 20.7 Å². The highest BCUT2D eigenvalue weighted by atomic mass is 16.5. The fourth-order valence-corrected chi connectivity index (χ4v) is 4.45. The van der Waals surface area contributed by atoms with Crippen molar-refractivity contribution >= 4 is 17.5 Å². The van der Waals surface area contributed by atoms with Gasteiger partial charge in [-0.3, -0.25) is 9.59 Å². The molecule has 3 aromatic carbocycles. The quantitative estimate of drug-likeness (QED) is 0.531. The van der Waals surface area contributed by atoms with Crippen molar-refractivity contribution in [2.45, 2.75) is 44.3 Å². The van der Waals surface area contributed by atoms with Gasteiger partial charge in [-0.15, -0.1) is 0 Å². The summed E-state index contributed by atoms with van der Waals surface area (Å²) in [6.45, 7) is 0.471. The minimum absolute atomic E-state index is 0.000153. The highest BCUT2D eigenvalue weighted by Gasteiger charge is 2.31. The normalized spacial score (nSPS) is 17.6. The van der Waals surface area contributed by atoms with E-state index in [0.717, 1.165) is 31.2 Å². The molecule has 1 fully saturated rings. The lowest BCUT2D eigenvalue weighted by atomic mass is 9.89. The first kappa shape index (κ1) is 23.5. The number of amides is 2. The fourth-order valence-electron chi connectivity index (χ4n) is 4.45. The molecule has 176 valence electrons. The van der Waals surface area contributed by atoms with Crippen molar-refractivity contribution < 1.29 is 14.3 Å². The molecule has 0 aromatic heterocycles. The topological polar surface area (TPSA) is 84.7 Å². The Morgan fingerprint density at radius 1 is 0.912 bits per heavy atom. The van der Waals surface area contributed by atoms with Crippen molar-refractivity contribution in [3.8, 4) is 5.75 Å². The molecule has 2 amide bonds. The lowest BCUT2D eigenvalue weighted by Gasteiger charge is -2.38. The van der Waals surface area contributed by atoms with Crippen LogP contribution in [0.5, 0.6) is 5.75 Å². The van der Waals surface area contributed by atoms with Crippen molar-refractivity contribution in [1.82, 2.24) is 4.90 Å². The molecule has 34 heavy (non-hydrogen) atoms. The van der Waals surface area contributed by atoms with E-state index in [1.165, 1.54) is 0 Å². The number of anilines is 1. The number of nitrogens with one attached hydrogen (secondary N) is 1. The Morgan fingerprint density at radius 3 is 2.24 bits per heavy atom. The van der Waals surface area contributed by atoms with Crippen molar-refractivity contribution in [1.29, 1.82) is 0 Å². The van der Waals surface area contributed by atoms with Gasteiger partial charge in [0.1, 0.15) is 5.75 Å². The van der Waals surface area contributed by atoms with E-state index in [-0.39, 0.29) is 23.9 Å². The van der Waals surface area contributed by atoms with E-state index in [2.05, 4.69) is 5.32 Å². The maximum atomic E-state index is 13.4. The number of carbonyl (C=O) groups excluding carboxylic acids is 2. The molecule has 0 heterocycles. The first-order chi connectivity index (χ1) is 16.5. The Hall–Kier alpha value is -3.64. The van der Waals surface area contributed by atoms with Crippen LogP contribution in [0.15, 0.2) is 78.9 Å². The van der Waals surface area contributed by atoms with Crippen LogP contribution < -0.4 is 15.8 Å². The van der Waals surface area contributed by atoms with E-state index < -0.39 is 0 Å². The van der Waals surface area contributed by atoms with Gasteiger partial charge >= 0.3 is 0 Å². The van der Waals surface area contributed by atoms with E-state index in [1.807, 2.05) is 59.5 Å². The zero-order valence-electron chi connectivity index (χ0n) is 19.4. The third-order valence-corrected chi connectivity index (χ3v) is 6.38. The number of nitrogens with zero attached hydrogens (tertiary/aromatic N) is 1. The number of hydrogen-bond acceptors (Lipinski definition) is 4. The maximum absolute atomic E-state index is 13.4. The number of rotatable bonds is 7. The molecule has 0 saturated heterocycles. The van der Waals surface area contributed by atoms with Crippen LogP contribution in [0.2, 0.25) is 0 Å². The van der Waals surface area contributed by atoms with Crippen molar-refractivity contribution in [2.75, 3.05) is 12.4 Å². The van der Waals surface area contributed by atoms with Crippen LogP contribution in [0.1, 0.15) is 52.0 Å².